The van der Waals surface area contributed by atoms with Gasteiger partial charge in [0.2, 0.25) is 0 Å². The zero-order chi connectivity index (χ0) is 17.2. The predicted octanol–water partition coefficient (Wildman–Crippen LogP) is 4.09. The van der Waals surface area contributed by atoms with Gasteiger partial charge < -0.3 is 9.47 Å². The van der Waals surface area contributed by atoms with Crippen LogP contribution in [0, 0.1) is 0 Å². The van der Waals surface area contributed by atoms with Gasteiger partial charge in [-0.1, -0.05) is 51.4 Å². The first-order valence-electron chi connectivity index (χ1n) is 8.01. The summed E-state index contributed by atoms with van der Waals surface area (Å²) < 4.78 is 10.1. The molecule has 0 fully saturated rings. The van der Waals surface area contributed by atoms with Crippen molar-refractivity contribution < 1.29 is 19.1 Å². The molecule has 0 aromatic carbocycles. The van der Waals surface area contributed by atoms with E-state index in [1.54, 1.807) is 0 Å². The summed E-state index contributed by atoms with van der Waals surface area (Å²) in [5.74, 6) is -0.954. The Morgan fingerprint density at radius 1 is 0.727 bits per heavy atom. The maximum atomic E-state index is 11.4. The highest BCUT2D eigenvalue weighted by Crippen LogP contribution is 2.11. The van der Waals surface area contributed by atoms with Gasteiger partial charge in [0, 0.05) is 28.3 Å². The van der Waals surface area contributed by atoms with Crippen molar-refractivity contribution in [2.45, 2.75) is 64.2 Å². The van der Waals surface area contributed by atoms with Crippen LogP contribution in [-0.4, -0.2) is 41.3 Å². The summed E-state index contributed by atoms with van der Waals surface area (Å²) in [6.45, 7) is 14.5. The normalized spacial score (nSPS) is 12.5. The molecule has 0 bridgehead atoms. The SMILES string of the molecule is C[Si](C)(C)CCCOC(=O)C=CC(=O)OCCC[Si](C)(C)C. The van der Waals surface area contributed by atoms with Crippen molar-refractivity contribution in [1.29, 1.82) is 0 Å². The van der Waals surface area contributed by atoms with E-state index in [9.17, 15) is 9.59 Å². The minimum Gasteiger partial charge on any atom is -0.463 e. The lowest BCUT2D eigenvalue weighted by Gasteiger charge is -2.14. The Morgan fingerprint density at radius 2 is 1.05 bits per heavy atom. The van der Waals surface area contributed by atoms with Gasteiger partial charge in [0.05, 0.1) is 13.2 Å². The average molecular weight is 345 g/mol. The van der Waals surface area contributed by atoms with Crippen LogP contribution in [0.4, 0.5) is 0 Å². The second-order valence-electron chi connectivity index (χ2n) is 8.00. The molecule has 0 heterocycles. The fourth-order valence-electron chi connectivity index (χ4n) is 1.78. The van der Waals surface area contributed by atoms with Crippen LogP contribution in [0.25, 0.3) is 0 Å². The summed E-state index contributed by atoms with van der Waals surface area (Å²) in [5, 5.41) is 0. The fourth-order valence-corrected chi connectivity index (χ4v) is 4.19. The first-order valence-corrected chi connectivity index (χ1v) is 15.4. The molecule has 0 rings (SSSR count). The molecule has 0 aromatic rings. The minimum atomic E-state index is -1.08. The molecule has 6 heteroatoms. The summed E-state index contributed by atoms with van der Waals surface area (Å²) in [4.78, 5) is 22.9. The van der Waals surface area contributed by atoms with Gasteiger partial charge in [-0.25, -0.2) is 9.59 Å². The molecule has 0 aliphatic heterocycles. The number of hydrogen-bond donors (Lipinski definition) is 0. The van der Waals surface area contributed by atoms with Gasteiger partial charge in [0.1, 0.15) is 0 Å². The summed E-state index contributed by atoms with van der Waals surface area (Å²) in [6.07, 6.45) is 4.07. The molecule has 0 saturated heterocycles. The van der Waals surface area contributed by atoms with Crippen molar-refractivity contribution >= 4 is 28.1 Å². The number of esters is 2. The number of carbonyl (C=O) groups is 2. The van der Waals surface area contributed by atoms with E-state index in [1.807, 2.05) is 0 Å². The number of ether oxygens (including phenoxy) is 2. The lowest BCUT2D eigenvalue weighted by molar-refractivity contribution is -0.140. The van der Waals surface area contributed by atoms with Crippen molar-refractivity contribution in [1.82, 2.24) is 0 Å². The highest BCUT2D eigenvalue weighted by molar-refractivity contribution is 6.76. The van der Waals surface area contributed by atoms with Crippen molar-refractivity contribution in [3.8, 4) is 0 Å². The van der Waals surface area contributed by atoms with Gasteiger partial charge in [-0.2, -0.15) is 0 Å². The third-order valence-corrected chi connectivity index (χ3v) is 6.69. The highest BCUT2D eigenvalue weighted by atomic mass is 28.3. The molecule has 0 aromatic heterocycles. The molecular weight excluding hydrogens is 312 g/mol. The number of hydrogen-bond acceptors (Lipinski definition) is 4. The molecule has 4 nitrogen and oxygen atoms in total. The largest absolute Gasteiger partial charge is 0.463 e. The van der Waals surface area contributed by atoms with E-state index < -0.39 is 28.1 Å². The predicted molar refractivity (Wildman–Crippen MR) is 96.6 cm³/mol. The van der Waals surface area contributed by atoms with Crippen LogP contribution in [0.2, 0.25) is 51.4 Å². The second kappa shape index (κ2) is 10.00. The minimum absolute atomic E-state index is 0.415. The molecule has 0 N–H and O–H groups in total. The molecule has 0 radical (unpaired) electrons. The van der Waals surface area contributed by atoms with Crippen LogP contribution in [0.1, 0.15) is 12.8 Å². The second-order valence-corrected chi connectivity index (χ2v) is 19.2. The third kappa shape index (κ3) is 15.5. The topological polar surface area (TPSA) is 52.6 Å². The van der Waals surface area contributed by atoms with Gasteiger partial charge in [0.15, 0.2) is 0 Å². The molecule has 0 aliphatic carbocycles. The number of carbonyl (C=O) groups excluding carboxylic acids is 2. The quantitative estimate of drug-likeness (QED) is 0.259. The molecule has 0 amide bonds. The Balaban J connectivity index is 3.76. The monoisotopic (exact) mass is 344 g/mol. The molecule has 128 valence electrons. The molecule has 22 heavy (non-hydrogen) atoms. The molecule has 0 spiro atoms. The van der Waals surface area contributed by atoms with Crippen molar-refractivity contribution in [2.24, 2.45) is 0 Å². The van der Waals surface area contributed by atoms with E-state index in [2.05, 4.69) is 39.3 Å². The van der Waals surface area contributed by atoms with Gasteiger partial charge >= 0.3 is 11.9 Å². The third-order valence-electron chi connectivity index (χ3n) is 2.99. The molecule has 0 atom stereocenters. The lowest BCUT2D eigenvalue weighted by atomic mass is 10.4. The van der Waals surface area contributed by atoms with Crippen LogP contribution < -0.4 is 0 Å². The van der Waals surface area contributed by atoms with Crippen LogP contribution >= 0.6 is 0 Å². The van der Waals surface area contributed by atoms with E-state index in [-0.39, 0.29) is 0 Å². The van der Waals surface area contributed by atoms with Gasteiger partial charge in [-0.15, -0.1) is 0 Å². The van der Waals surface area contributed by atoms with Crippen LogP contribution in [0.3, 0.4) is 0 Å². The average Bonchev–Trinajstić information content (AvgIpc) is 2.35. The lowest BCUT2D eigenvalue weighted by Crippen LogP contribution is -2.20. The first kappa shape index (κ1) is 21.1. The highest BCUT2D eigenvalue weighted by Gasteiger charge is 2.13. The Kier molecular flexibility index (Phi) is 9.59. The summed E-state index contributed by atoms with van der Waals surface area (Å²) in [5.41, 5.74) is 0. The zero-order valence-electron chi connectivity index (χ0n) is 15.0. The number of rotatable bonds is 10. The van der Waals surface area contributed by atoms with Crippen LogP contribution in [0.5, 0.6) is 0 Å². The van der Waals surface area contributed by atoms with E-state index in [0.717, 1.165) is 37.1 Å². The van der Waals surface area contributed by atoms with E-state index in [1.165, 1.54) is 0 Å². The van der Waals surface area contributed by atoms with E-state index in [4.69, 9.17) is 9.47 Å². The van der Waals surface area contributed by atoms with Crippen molar-refractivity contribution in [3.05, 3.63) is 12.2 Å². The molecule has 0 unspecified atom stereocenters. The summed E-state index contributed by atoms with van der Waals surface area (Å²) >= 11 is 0. The molecule has 0 aliphatic rings. The van der Waals surface area contributed by atoms with Crippen molar-refractivity contribution in [2.75, 3.05) is 13.2 Å². The Hall–Kier alpha value is -0.886. The standard InChI is InChI=1S/C16H32O4Si2/c1-21(2,3)13-7-11-19-15(17)9-10-16(18)20-12-8-14-22(4,5)6/h9-10H,7-8,11-14H2,1-6H3. The summed E-state index contributed by atoms with van der Waals surface area (Å²) in [6, 6.07) is 2.26. The van der Waals surface area contributed by atoms with Gasteiger partial charge in [0.25, 0.3) is 0 Å². The molecular formula is C16H32O4Si2. The maximum absolute atomic E-state index is 11.4. The fraction of sp³-hybridized carbons (Fsp3) is 0.750. The van der Waals surface area contributed by atoms with E-state index >= 15 is 0 Å². The van der Waals surface area contributed by atoms with E-state index in [0.29, 0.717) is 13.2 Å². The van der Waals surface area contributed by atoms with Gasteiger partial charge in [-0.05, 0) is 12.8 Å². The van der Waals surface area contributed by atoms with Gasteiger partial charge in [-0.3, -0.25) is 0 Å². The summed E-state index contributed by atoms with van der Waals surface area (Å²) in [7, 11) is -2.16. The van der Waals surface area contributed by atoms with Crippen LogP contribution in [-0.2, 0) is 19.1 Å². The first-order chi connectivity index (χ1) is 9.99. The maximum Gasteiger partial charge on any atom is 0.331 e. The van der Waals surface area contributed by atoms with Crippen LogP contribution in [0.15, 0.2) is 12.2 Å². The Labute approximate surface area is 137 Å². The Bertz CT molecular complexity index is 343. The smallest absolute Gasteiger partial charge is 0.331 e. The zero-order valence-corrected chi connectivity index (χ0v) is 17.0. The Morgan fingerprint density at radius 3 is 1.32 bits per heavy atom. The van der Waals surface area contributed by atoms with Crippen molar-refractivity contribution in [3.63, 3.8) is 0 Å². The molecule has 0 saturated carbocycles.